The van der Waals surface area contributed by atoms with Gasteiger partial charge < -0.3 is 4.74 Å². The van der Waals surface area contributed by atoms with Gasteiger partial charge in [0.25, 0.3) is 0 Å². The molecule has 1 aromatic carbocycles. The third kappa shape index (κ3) is 1.86. The number of ether oxygens (including phenoxy) is 1. The Morgan fingerprint density at radius 2 is 2.19 bits per heavy atom. The first-order chi connectivity index (χ1) is 7.47. The Morgan fingerprint density at radius 3 is 2.81 bits per heavy atom. The van der Waals surface area contributed by atoms with Crippen molar-refractivity contribution in [1.82, 2.24) is 0 Å². The lowest BCUT2D eigenvalue weighted by Gasteiger charge is -2.22. The molecule has 0 bridgehead atoms. The summed E-state index contributed by atoms with van der Waals surface area (Å²) in [5, 5.41) is 0.0831. The predicted octanol–water partition coefficient (Wildman–Crippen LogP) is 4.81. The summed E-state index contributed by atoms with van der Waals surface area (Å²) in [7, 11) is 0. The molecule has 1 aromatic rings. The Hall–Kier alpha value is -0.210. The summed E-state index contributed by atoms with van der Waals surface area (Å²) in [5.41, 5.74) is 2.57. The van der Waals surface area contributed by atoms with E-state index in [1.54, 1.807) is 0 Å². The van der Waals surface area contributed by atoms with E-state index in [0.717, 1.165) is 16.6 Å². The summed E-state index contributed by atoms with van der Waals surface area (Å²) in [4.78, 5) is 0. The second-order valence-electron chi connectivity index (χ2n) is 4.82. The summed E-state index contributed by atoms with van der Waals surface area (Å²) >= 11 is 10.0. The van der Waals surface area contributed by atoms with Crippen molar-refractivity contribution in [2.45, 2.75) is 38.0 Å². The fourth-order valence-corrected chi connectivity index (χ4v) is 3.86. The Labute approximate surface area is 110 Å². The van der Waals surface area contributed by atoms with Crippen molar-refractivity contribution in [2.75, 3.05) is 6.61 Å². The van der Waals surface area contributed by atoms with Crippen molar-refractivity contribution in [2.24, 2.45) is 0 Å². The number of benzene rings is 1. The average Bonchev–Trinajstić information content (AvgIpc) is 2.43. The van der Waals surface area contributed by atoms with Gasteiger partial charge in [-0.3, -0.25) is 0 Å². The summed E-state index contributed by atoms with van der Waals surface area (Å²) < 4.78 is 6.80. The molecule has 0 amide bonds. The molecule has 1 aliphatic carbocycles. The van der Waals surface area contributed by atoms with E-state index in [-0.39, 0.29) is 10.8 Å². The van der Waals surface area contributed by atoms with Gasteiger partial charge in [-0.15, -0.1) is 11.6 Å². The molecule has 0 heterocycles. The molecule has 1 unspecified atom stereocenters. The van der Waals surface area contributed by atoms with Gasteiger partial charge in [0.2, 0.25) is 0 Å². The quantitative estimate of drug-likeness (QED) is 0.713. The minimum atomic E-state index is 0.0831. The van der Waals surface area contributed by atoms with Crippen LogP contribution in [0.2, 0.25) is 0 Å². The zero-order valence-electron chi connectivity index (χ0n) is 9.81. The second-order valence-corrected chi connectivity index (χ2v) is 6.20. The van der Waals surface area contributed by atoms with Crippen molar-refractivity contribution in [3.8, 4) is 5.75 Å². The number of rotatable bonds is 2. The van der Waals surface area contributed by atoms with Gasteiger partial charge in [0.1, 0.15) is 5.75 Å². The summed E-state index contributed by atoms with van der Waals surface area (Å²) in [5.74, 6) is 0.980. The zero-order chi connectivity index (χ0) is 11.9. The first-order valence-corrected chi connectivity index (χ1v) is 6.80. The van der Waals surface area contributed by atoms with Crippen LogP contribution < -0.4 is 4.74 Å². The van der Waals surface area contributed by atoms with Crippen molar-refractivity contribution in [3.63, 3.8) is 0 Å². The van der Waals surface area contributed by atoms with Crippen LogP contribution in [0.1, 0.15) is 43.7 Å². The fraction of sp³-hybridized carbons (Fsp3) is 0.538. The highest BCUT2D eigenvalue weighted by Crippen LogP contribution is 2.53. The fourth-order valence-electron chi connectivity index (χ4n) is 2.51. The number of alkyl halides is 1. The standard InChI is InChI=1S/C13H16BrClO/c1-4-16-10-6-5-8(14)11-9(15)7-13(2,3)12(10)11/h5-6,9H,4,7H2,1-3H3. The van der Waals surface area contributed by atoms with Gasteiger partial charge in [-0.2, -0.15) is 0 Å². The van der Waals surface area contributed by atoms with E-state index in [2.05, 4.69) is 29.8 Å². The van der Waals surface area contributed by atoms with E-state index in [9.17, 15) is 0 Å². The largest absolute Gasteiger partial charge is 0.494 e. The molecule has 1 atom stereocenters. The van der Waals surface area contributed by atoms with Crippen molar-refractivity contribution in [1.29, 1.82) is 0 Å². The molecule has 3 heteroatoms. The smallest absolute Gasteiger partial charge is 0.123 e. The predicted molar refractivity (Wildman–Crippen MR) is 71.5 cm³/mol. The Balaban J connectivity index is 2.62. The Kier molecular flexibility index (Phi) is 3.24. The van der Waals surface area contributed by atoms with Gasteiger partial charge in [0.05, 0.1) is 12.0 Å². The normalized spacial score (nSPS) is 21.9. The maximum absolute atomic E-state index is 6.42. The van der Waals surface area contributed by atoms with Crippen LogP contribution in [0.25, 0.3) is 0 Å². The molecule has 0 radical (unpaired) electrons. The summed E-state index contributed by atoms with van der Waals surface area (Å²) in [6.45, 7) is 7.15. The van der Waals surface area contributed by atoms with Crippen molar-refractivity contribution in [3.05, 3.63) is 27.7 Å². The number of hydrogen-bond donors (Lipinski definition) is 0. The van der Waals surface area contributed by atoms with Crippen LogP contribution >= 0.6 is 27.5 Å². The highest BCUT2D eigenvalue weighted by Gasteiger charge is 2.39. The third-order valence-electron chi connectivity index (χ3n) is 3.13. The van der Waals surface area contributed by atoms with Gasteiger partial charge >= 0.3 is 0 Å². The molecule has 1 nitrogen and oxygen atoms in total. The van der Waals surface area contributed by atoms with Gasteiger partial charge in [-0.25, -0.2) is 0 Å². The lowest BCUT2D eigenvalue weighted by atomic mass is 9.86. The van der Waals surface area contributed by atoms with Crippen LogP contribution in [0.5, 0.6) is 5.75 Å². The number of fused-ring (bicyclic) bond motifs is 1. The average molecular weight is 304 g/mol. The minimum absolute atomic E-state index is 0.0831. The summed E-state index contributed by atoms with van der Waals surface area (Å²) in [6, 6.07) is 4.06. The monoisotopic (exact) mass is 302 g/mol. The summed E-state index contributed by atoms with van der Waals surface area (Å²) in [6.07, 6.45) is 0.965. The highest BCUT2D eigenvalue weighted by atomic mass is 79.9. The first kappa shape index (κ1) is 12.3. The molecule has 0 N–H and O–H groups in total. The van der Waals surface area contributed by atoms with Crippen LogP contribution in [-0.2, 0) is 5.41 Å². The minimum Gasteiger partial charge on any atom is -0.494 e. The Morgan fingerprint density at radius 1 is 1.50 bits per heavy atom. The second kappa shape index (κ2) is 4.23. The highest BCUT2D eigenvalue weighted by molar-refractivity contribution is 9.10. The molecule has 0 aliphatic heterocycles. The molecule has 0 spiro atoms. The molecular weight excluding hydrogens is 287 g/mol. The van der Waals surface area contributed by atoms with Crippen LogP contribution in [-0.4, -0.2) is 6.61 Å². The van der Waals surface area contributed by atoms with E-state index in [1.165, 1.54) is 11.1 Å². The van der Waals surface area contributed by atoms with Crippen molar-refractivity contribution < 1.29 is 4.74 Å². The molecule has 1 aliphatic rings. The van der Waals surface area contributed by atoms with Crippen LogP contribution in [0.15, 0.2) is 16.6 Å². The lowest BCUT2D eigenvalue weighted by Crippen LogP contribution is -2.14. The van der Waals surface area contributed by atoms with Crippen LogP contribution in [0.3, 0.4) is 0 Å². The van der Waals surface area contributed by atoms with Gasteiger partial charge in [0, 0.05) is 10.0 Å². The van der Waals surface area contributed by atoms with Crippen LogP contribution in [0.4, 0.5) is 0 Å². The molecule has 88 valence electrons. The zero-order valence-corrected chi connectivity index (χ0v) is 12.2. The number of halogens is 2. The first-order valence-electron chi connectivity index (χ1n) is 5.57. The maximum atomic E-state index is 6.42. The van der Waals surface area contributed by atoms with Gasteiger partial charge in [-0.05, 0) is 36.5 Å². The molecule has 2 rings (SSSR count). The molecular formula is C13H16BrClO. The molecule has 0 aromatic heterocycles. The van der Waals surface area contributed by atoms with E-state index >= 15 is 0 Å². The van der Waals surface area contributed by atoms with E-state index in [0.29, 0.717) is 6.61 Å². The van der Waals surface area contributed by atoms with E-state index in [1.807, 2.05) is 19.1 Å². The molecule has 0 fully saturated rings. The molecule has 0 saturated carbocycles. The molecule has 16 heavy (non-hydrogen) atoms. The van der Waals surface area contributed by atoms with Gasteiger partial charge in [-0.1, -0.05) is 29.8 Å². The van der Waals surface area contributed by atoms with E-state index < -0.39 is 0 Å². The third-order valence-corrected chi connectivity index (χ3v) is 4.20. The van der Waals surface area contributed by atoms with E-state index in [4.69, 9.17) is 16.3 Å². The maximum Gasteiger partial charge on any atom is 0.123 e. The van der Waals surface area contributed by atoms with Gasteiger partial charge in [0.15, 0.2) is 0 Å². The number of hydrogen-bond acceptors (Lipinski definition) is 1. The molecule has 0 saturated heterocycles. The van der Waals surface area contributed by atoms with Crippen LogP contribution in [0, 0.1) is 0 Å². The Bertz CT molecular complexity index is 415. The SMILES string of the molecule is CCOc1ccc(Br)c2c1C(C)(C)CC2Cl. The topological polar surface area (TPSA) is 9.23 Å². The van der Waals surface area contributed by atoms with Crippen molar-refractivity contribution >= 4 is 27.5 Å². The lowest BCUT2D eigenvalue weighted by molar-refractivity contribution is 0.329.